The van der Waals surface area contributed by atoms with E-state index in [1.165, 1.54) is 0 Å². The fourth-order valence-electron chi connectivity index (χ4n) is 1.02. The number of hydrogen-bond acceptors (Lipinski definition) is 2. The third kappa shape index (κ3) is 1.78. The molecule has 0 heterocycles. The van der Waals surface area contributed by atoms with Gasteiger partial charge in [-0.1, -0.05) is 18.2 Å². The number of hydrogen-bond donors (Lipinski definition) is 2. The Bertz CT molecular complexity index is 279. The van der Waals surface area contributed by atoms with Gasteiger partial charge in [-0.05, 0) is 18.6 Å². The number of nitrogens with one attached hydrogen (secondary N) is 1. The van der Waals surface area contributed by atoms with E-state index in [-0.39, 0.29) is 0 Å². The van der Waals surface area contributed by atoms with Crippen LogP contribution in [0.3, 0.4) is 0 Å². The summed E-state index contributed by atoms with van der Waals surface area (Å²) in [5, 5.41) is 3.16. The second kappa shape index (κ2) is 3.81. The Morgan fingerprint density at radius 3 is 3.00 bits per heavy atom. The number of rotatable bonds is 3. The topological polar surface area (TPSA) is 38.0 Å². The Labute approximate surface area is 73.1 Å². The lowest BCUT2D eigenvalue weighted by atomic mass is 10.2. The van der Waals surface area contributed by atoms with Gasteiger partial charge < -0.3 is 11.1 Å². The largest absolute Gasteiger partial charge is 0.397 e. The molecule has 0 aromatic heterocycles. The van der Waals surface area contributed by atoms with Crippen LogP contribution in [0, 0.1) is 6.92 Å². The molecule has 0 aliphatic heterocycles. The van der Waals surface area contributed by atoms with E-state index in [4.69, 9.17) is 5.73 Å². The molecule has 64 valence electrons. The zero-order valence-electron chi connectivity index (χ0n) is 7.30. The second-order valence-electron chi connectivity index (χ2n) is 2.71. The number of para-hydroxylation sites is 1. The Kier molecular flexibility index (Phi) is 2.75. The lowest BCUT2D eigenvalue weighted by molar-refractivity contribution is 1.33. The molecule has 1 aromatic carbocycles. The molecule has 1 aromatic rings. The molecule has 0 spiro atoms. The first kappa shape index (κ1) is 8.65. The summed E-state index contributed by atoms with van der Waals surface area (Å²) >= 11 is 0. The third-order valence-electron chi connectivity index (χ3n) is 1.76. The van der Waals surface area contributed by atoms with Gasteiger partial charge in [0.15, 0.2) is 0 Å². The van der Waals surface area contributed by atoms with E-state index >= 15 is 0 Å². The van der Waals surface area contributed by atoms with Gasteiger partial charge in [0.25, 0.3) is 0 Å². The first-order chi connectivity index (χ1) is 5.75. The van der Waals surface area contributed by atoms with Crippen molar-refractivity contribution in [1.82, 2.24) is 0 Å². The Morgan fingerprint density at radius 2 is 2.33 bits per heavy atom. The Hall–Kier alpha value is -1.44. The number of anilines is 2. The summed E-state index contributed by atoms with van der Waals surface area (Å²) in [6.07, 6.45) is 1.81. The van der Waals surface area contributed by atoms with Crippen LogP contribution >= 0.6 is 0 Å². The molecular weight excluding hydrogens is 148 g/mol. The van der Waals surface area contributed by atoms with Crippen LogP contribution in [0.1, 0.15) is 5.56 Å². The SMILES string of the molecule is C=CCNc1cccc(C)c1N. The molecular formula is C10H14N2. The smallest absolute Gasteiger partial charge is 0.0579 e. The van der Waals surface area contributed by atoms with Crippen molar-refractivity contribution in [2.75, 3.05) is 17.6 Å². The molecule has 0 amide bonds. The highest BCUT2D eigenvalue weighted by Crippen LogP contribution is 2.21. The van der Waals surface area contributed by atoms with Gasteiger partial charge in [-0.3, -0.25) is 0 Å². The van der Waals surface area contributed by atoms with Crippen LogP contribution < -0.4 is 11.1 Å². The molecule has 0 unspecified atom stereocenters. The zero-order chi connectivity index (χ0) is 8.97. The van der Waals surface area contributed by atoms with Gasteiger partial charge in [0, 0.05) is 6.54 Å². The lowest BCUT2D eigenvalue weighted by Crippen LogP contribution is -2.02. The number of aryl methyl sites for hydroxylation is 1. The van der Waals surface area contributed by atoms with Crippen molar-refractivity contribution in [3.63, 3.8) is 0 Å². The Balaban J connectivity index is 2.84. The van der Waals surface area contributed by atoms with Gasteiger partial charge in [-0.25, -0.2) is 0 Å². The molecule has 0 saturated carbocycles. The highest BCUT2D eigenvalue weighted by atomic mass is 14.9. The molecule has 12 heavy (non-hydrogen) atoms. The highest BCUT2D eigenvalue weighted by molar-refractivity contribution is 5.69. The molecule has 0 saturated heterocycles. The van der Waals surface area contributed by atoms with E-state index in [1.807, 2.05) is 31.2 Å². The fourth-order valence-corrected chi connectivity index (χ4v) is 1.02. The third-order valence-corrected chi connectivity index (χ3v) is 1.76. The van der Waals surface area contributed by atoms with Crippen molar-refractivity contribution in [1.29, 1.82) is 0 Å². The summed E-state index contributed by atoms with van der Waals surface area (Å²) in [5.41, 5.74) is 8.73. The van der Waals surface area contributed by atoms with Crippen molar-refractivity contribution >= 4 is 11.4 Å². The van der Waals surface area contributed by atoms with Gasteiger partial charge in [0.1, 0.15) is 0 Å². The number of nitrogens with two attached hydrogens (primary N) is 1. The molecule has 0 fully saturated rings. The van der Waals surface area contributed by atoms with E-state index < -0.39 is 0 Å². The Morgan fingerprint density at radius 1 is 1.58 bits per heavy atom. The molecule has 0 aliphatic carbocycles. The predicted octanol–water partition coefficient (Wildman–Crippen LogP) is 2.18. The molecule has 0 radical (unpaired) electrons. The van der Waals surface area contributed by atoms with Crippen molar-refractivity contribution in [2.24, 2.45) is 0 Å². The van der Waals surface area contributed by atoms with Gasteiger partial charge in [-0.15, -0.1) is 6.58 Å². The van der Waals surface area contributed by atoms with E-state index in [0.717, 1.165) is 23.5 Å². The lowest BCUT2D eigenvalue weighted by Gasteiger charge is -2.08. The van der Waals surface area contributed by atoms with E-state index in [0.29, 0.717) is 0 Å². The van der Waals surface area contributed by atoms with Crippen LogP contribution in [0.15, 0.2) is 30.9 Å². The molecule has 0 aliphatic rings. The van der Waals surface area contributed by atoms with Crippen molar-refractivity contribution in [3.8, 4) is 0 Å². The maximum absolute atomic E-state index is 5.83. The highest BCUT2D eigenvalue weighted by Gasteiger charge is 1.98. The average molecular weight is 162 g/mol. The second-order valence-corrected chi connectivity index (χ2v) is 2.71. The summed E-state index contributed by atoms with van der Waals surface area (Å²) in [4.78, 5) is 0. The summed E-state index contributed by atoms with van der Waals surface area (Å²) < 4.78 is 0. The average Bonchev–Trinajstić information content (AvgIpc) is 2.08. The minimum Gasteiger partial charge on any atom is -0.397 e. The quantitative estimate of drug-likeness (QED) is 0.528. The van der Waals surface area contributed by atoms with E-state index in [1.54, 1.807) is 0 Å². The summed E-state index contributed by atoms with van der Waals surface area (Å²) in [7, 11) is 0. The first-order valence-electron chi connectivity index (χ1n) is 3.95. The van der Waals surface area contributed by atoms with Gasteiger partial charge in [0.05, 0.1) is 11.4 Å². The van der Waals surface area contributed by atoms with Crippen molar-refractivity contribution < 1.29 is 0 Å². The number of benzene rings is 1. The monoisotopic (exact) mass is 162 g/mol. The molecule has 2 heteroatoms. The maximum Gasteiger partial charge on any atom is 0.0579 e. The molecule has 2 nitrogen and oxygen atoms in total. The zero-order valence-corrected chi connectivity index (χ0v) is 7.30. The fraction of sp³-hybridized carbons (Fsp3) is 0.200. The van der Waals surface area contributed by atoms with Crippen LogP contribution in [0.25, 0.3) is 0 Å². The van der Waals surface area contributed by atoms with E-state index in [2.05, 4.69) is 11.9 Å². The predicted molar refractivity (Wildman–Crippen MR) is 54.3 cm³/mol. The summed E-state index contributed by atoms with van der Waals surface area (Å²) in [6.45, 7) is 6.36. The normalized spacial score (nSPS) is 9.42. The first-order valence-corrected chi connectivity index (χ1v) is 3.95. The molecule has 3 N–H and O–H groups in total. The molecule has 0 atom stereocenters. The number of nitrogen functional groups attached to an aromatic ring is 1. The molecule has 1 rings (SSSR count). The van der Waals surface area contributed by atoms with Crippen LogP contribution in [-0.2, 0) is 0 Å². The summed E-state index contributed by atoms with van der Waals surface area (Å²) in [5.74, 6) is 0. The van der Waals surface area contributed by atoms with Gasteiger partial charge in [-0.2, -0.15) is 0 Å². The van der Waals surface area contributed by atoms with E-state index in [9.17, 15) is 0 Å². The van der Waals surface area contributed by atoms with Crippen LogP contribution in [0.5, 0.6) is 0 Å². The van der Waals surface area contributed by atoms with Crippen LogP contribution in [0.2, 0.25) is 0 Å². The van der Waals surface area contributed by atoms with Crippen LogP contribution in [-0.4, -0.2) is 6.54 Å². The van der Waals surface area contributed by atoms with Crippen LogP contribution in [0.4, 0.5) is 11.4 Å². The van der Waals surface area contributed by atoms with Crippen molar-refractivity contribution in [2.45, 2.75) is 6.92 Å². The maximum atomic E-state index is 5.83. The van der Waals surface area contributed by atoms with Gasteiger partial charge >= 0.3 is 0 Å². The van der Waals surface area contributed by atoms with Gasteiger partial charge in [0.2, 0.25) is 0 Å². The molecule has 0 bridgehead atoms. The minimum atomic E-state index is 0.744. The minimum absolute atomic E-state index is 0.744. The standard InChI is InChI=1S/C10H14N2/c1-3-7-12-9-6-4-5-8(2)10(9)11/h3-6,12H,1,7,11H2,2H3. The van der Waals surface area contributed by atoms with Crippen molar-refractivity contribution in [3.05, 3.63) is 36.4 Å². The summed E-state index contributed by atoms with van der Waals surface area (Å²) in [6, 6.07) is 5.94.